The Morgan fingerprint density at radius 1 is 1.14 bits per heavy atom. The summed E-state index contributed by atoms with van der Waals surface area (Å²) in [5.41, 5.74) is 3.66. The second kappa shape index (κ2) is 7.11. The summed E-state index contributed by atoms with van der Waals surface area (Å²) in [5, 5.41) is 1.18. The monoisotopic (exact) mass is 390 g/mol. The van der Waals surface area contributed by atoms with Gasteiger partial charge in [-0.25, -0.2) is 9.97 Å². The molecule has 1 aromatic carbocycles. The van der Waals surface area contributed by atoms with Crippen LogP contribution in [0.4, 0.5) is 0 Å². The Labute approximate surface area is 167 Å². The summed E-state index contributed by atoms with van der Waals surface area (Å²) in [5.74, 6) is 0. The quantitative estimate of drug-likeness (QED) is 0.522. The van der Waals surface area contributed by atoms with Gasteiger partial charge in [0.1, 0.15) is 10.7 Å². The van der Waals surface area contributed by atoms with E-state index in [2.05, 4.69) is 23.1 Å². The van der Waals surface area contributed by atoms with Crippen LogP contribution in [0.25, 0.3) is 15.9 Å². The van der Waals surface area contributed by atoms with Crippen molar-refractivity contribution in [2.75, 3.05) is 6.54 Å². The third-order valence-corrected chi connectivity index (χ3v) is 6.65. The Bertz CT molecular complexity index is 1180. The summed E-state index contributed by atoms with van der Waals surface area (Å²) in [7, 11) is 0. The number of aromatic nitrogens is 3. The Hall–Kier alpha value is -2.57. The molecule has 6 heteroatoms. The topological polar surface area (TPSA) is 50.5 Å². The number of likely N-dealkylation sites (tertiary alicyclic amines) is 1. The maximum Gasteiger partial charge on any atom is 0.258 e. The molecule has 5 rings (SSSR count). The molecule has 1 fully saturated rings. The first-order valence-electron chi connectivity index (χ1n) is 9.76. The fourth-order valence-corrected chi connectivity index (χ4v) is 5.23. The molecule has 0 unspecified atom stereocenters. The van der Waals surface area contributed by atoms with Gasteiger partial charge in [-0.3, -0.25) is 14.1 Å². The summed E-state index contributed by atoms with van der Waals surface area (Å²) in [6, 6.07) is 14.2. The van der Waals surface area contributed by atoms with Crippen molar-refractivity contribution < 1.29 is 0 Å². The van der Waals surface area contributed by atoms with Crippen LogP contribution in [-0.4, -0.2) is 25.8 Å². The van der Waals surface area contributed by atoms with Gasteiger partial charge in [0, 0.05) is 18.8 Å². The highest BCUT2D eigenvalue weighted by atomic mass is 32.1. The first kappa shape index (κ1) is 17.5. The molecule has 0 bridgehead atoms. The molecule has 1 atom stereocenters. The van der Waals surface area contributed by atoms with Crippen molar-refractivity contribution in [1.29, 1.82) is 0 Å². The van der Waals surface area contributed by atoms with E-state index in [-0.39, 0.29) is 5.56 Å². The van der Waals surface area contributed by atoms with Crippen LogP contribution in [0.15, 0.2) is 53.5 Å². The zero-order valence-electron chi connectivity index (χ0n) is 15.8. The Morgan fingerprint density at radius 3 is 2.93 bits per heavy atom. The molecular weight excluding hydrogens is 368 g/mol. The van der Waals surface area contributed by atoms with E-state index in [1.54, 1.807) is 28.0 Å². The molecule has 0 saturated carbocycles. The van der Waals surface area contributed by atoms with Crippen LogP contribution in [0.5, 0.6) is 0 Å². The SMILES string of the molecule is Cc1cccn2c(=O)cc(CN3CCCC[C@@H]3c3nc4ccccc4s3)nc12. The third kappa shape index (κ3) is 3.12. The van der Waals surface area contributed by atoms with Crippen molar-refractivity contribution in [3.05, 3.63) is 75.3 Å². The van der Waals surface area contributed by atoms with Gasteiger partial charge in [0.2, 0.25) is 0 Å². The van der Waals surface area contributed by atoms with Crippen molar-refractivity contribution in [1.82, 2.24) is 19.3 Å². The molecule has 4 heterocycles. The number of hydrogen-bond acceptors (Lipinski definition) is 5. The number of fused-ring (bicyclic) bond motifs is 2. The average molecular weight is 391 g/mol. The first-order chi connectivity index (χ1) is 13.7. The lowest BCUT2D eigenvalue weighted by molar-refractivity contribution is 0.138. The van der Waals surface area contributed by atoms with Crippen molar-refractivity contribution in [2.24, 2.45) is 0 Å². The highest BCUT2D eigenvalue weighted by Gasteiger charge is 2.27. The molecule has 0 aliphatic carbocycles. The van der Waals surface area contributed by atoms with E-state index in [0.717, 1.165) is 35.4 Å². The minimum absolute atomic E-state index is 0.0164. The van der Waals surface area contributed by atoms with Gasteiger partial charge in [0.15, 0.2) is 0 Å². The number of para-hydroxylation sites is 1. The number of thiazole rings is 1. The number of piperidine rings is 1. The molecule has 1 aliphatic heterocycles. The van der Waals surface area contributed by atoms with Gasteiger partial charge in [-0.15, -0.1) is 11.3 Å². The molecule has 1 aliphatic rings. The number of benzene rings is 1. The fraction of sp³-hybridized carbons (Fsp3) is 0.318. The summed E-state index contributed by atoms with van der Waals surface area (Å²) >= 11 is 1.79. The Morgan fingerprint density at radius 2 is 2.04 bits per heavy atom. The molecule has 0 amide bonds. The smallest absolute Gasteiger partial charge is 0.258 e. The average Bonchev–Trinajstić information content (AvgIpc) is 3.13. The third-order valence-electron chi connectivity index (χ3n) is 5.51. The molecule has 142 valence electrons. The van der Waals surface area contributed by atoms with Crippen molar-refractivity contribution >= 4 is 27.2 Å². The number of hydrogen-bond donors (Lipinski definition) is 0. The molecule has 0 radical (unpaired) electrons. The summed E-state index contributed by atoms with van der Waals surface area (Å²) in [6.07, 6.45) is 5.27. The Balaban J connectivity index is 1.50. The van der Waals surface area contributed by atoms with E-state index in [9.17, 15) is 4.79 Å². The van der Waals surface area contributed by atoms with Crippen molar-refractivity contribution in [3.63, 3.8) is 0 Å². The van der Waals surface area contributed by atoms with Gasteiger partial charge in [-0.05, 0) is 50.1 Å². The van der Waals surface area contributed by atoms with E-state index in [1.807, 2.05) is 25.1 Å². The number of rotatable bonds is 3. The highest BCUT2D eigenvalue weighted by molar-refractivity contribution is 7.18. The maximum absolute atomic E-state index is 12.6. The van der Waals surface area contributed by atoms with Crippen LogP contribution in [0.3, 0.4) is 0 Å². The van der Waals surface area contributed by atoms with Crippen LogP contribution in [0, 0.1) is 6.92 Å². The summed E-state index contributed by atoms with van der Waals surface area (Å²) < 4.78 is 2.86. The van der Waals surface area contributed by atoms with Gasteiger partial charge in [0.05, 0.1) is 22.0 Å². The van der Waals surface area contributed by atoms with Gasteiger partial charge in [0.25, 0.3) is 5.56 Å². The predicted octanol–water partition coefficient (Wildman–Crippen LogP) is 4.34. The molecular formula is C22H22N4OS. The van der Waals surface area contributed by atoms with E-state index >= 15 is 0 Å². The lowest BCUT2D eigenvalue weighted by Crippen LogP contribution is -2.33. The lowest BCUT2D eigenvalue weighted by Gasteiger charge is -2.34. The molecule has 3 aromatic heterocycles. The molecule has 1 saturated heterocycles. The molecule has 4 aromatic rings. The minimum atomic E-state index is -0.0164. The Kier molecular flexibility index (Phi) is 4.45. The normalized spacial score (nSPS) is 18.1. The minimum Gasteiger partial charge on any atom is -0.288 e. The lowest BCUT2D eigenvalue weighted by atomic mass is 10.0. The second-order valence-corrected chi connectivity index (χ2v) is 8.53. The molecule has 0 N–H and O–H groups in total. The molecule has 0 spiro atoms. The highest BCUT2D eigenvalue weighted by Crippen LogP contribution is 2.36. The van der Waals surface area contributed by atoms with Gasteiger partial charge >= 0.3 is 0 Å². The van der Waals surface area contributed by atoms with Crippen LogP contribution < -0.4 is 5.56 Å². The van der Waals surface area contributed by atoms with Crippen LogP contribution in [0.2, 0.25) is 0 Å². The number of nitrogens with zero attached hydrogens (tertiary/aromatic N) is 4. The summed E-state index contributed by atoms with van der Waals surface area (Å²) in [4.78, 5) is 24.7. The van der Waals surface area contributed by atoms with E-state index in [4.69, 9.17) is 9.97 Å². The van der Waals surface area contributed by atoms with E-state index in [1.165, 1.54) is 22.5 Å². The van der Waals surface area contributed by atoms with E-state index in [0.29, 0.717) is 12.6 Å². The van der Waals surface area contributed by atoms with Crippen LogP contribution in [0.1, 0.15) is 41.6 Å². The van der Waals surface area contributed by atoms with Gasteiger partial charge < -0.3 is 0 Å². The molecule has 28 heavy (non-hydrogen) atoms. The zero-order chi connectivity index (χ0) is 19.1. The first-order valence-corrected chi connectivity index (χ1v) is 10.6. The number of pyridine rings is 1. The molecule has 5 nitrogen and oxygen atoms in total. The maximum atomic E-state index is 12.6. The van der Waals surface area contributed by atoms with Crippen molar-refractivity contribution in [3.8, 4) is 0 Å². The standard InChI is InChI=1S/C22H22N4OS/c1-15-7-6-12-26-20(27)13-16(23-21(15)26)14-25-11-5-4-9-18(25)22-24-17-8-2-3-10-19(17)28-22/h2-3,6-8,10,12-13,18H,4-5,9,11,14H2,1H3/t18-/m1/s1. The summed E-state index contributed by atoms with van der Waals surface area (Å²) in [6.45, 7) is 3.69. The van der Waals surface area contributed by atoms with Gasteiger partial charge in [-0.2, -0.15) is 0 Å². The zero-order valence-corrected chi connectivity index (χ0v) is 16.7. The second-order valence-electron chi connectivity index (χ2n) is 7.47. The van der Waals surface area contributed by atoms with E-state index < -0.39 is 0 Å². The van der Waals surface area contributed by atoms with Crippen LogP contribution in [-0.2, 0) is 6.54 Å². The number of aryl methyl sites for hydroxylation is 1. The van der Waals surface area contributed by atoms with Crippen LogP contribution >= 0.6 is 11.3 Å². The van der Waals surface area contributed by atoms with Crippen molar-refractivity contribution in [2.45, 2.75) is 38.8 Å². The van der Waals surface area contributed by atoms with Gasteiger partial charge in [-0.1, -0.05) is 24.6 Å². The fourth-order valence-electron chi connectivity index (χ4n) is 4.09. The predicted molar refractivity (Wildman–Crippen MR) is 113 cm³/mol. The largest absolute Gasteiger partial charge is 0.288 e.